The van der Waals surface area contributed by atoms with E-state index in [1.807, 2.05) is 38.2 Å². The number of carbonyl (C=O) groups is 1. The topological polar surface area (TPSA) is 82.2 Å². The van der Waals surface area contributed by atoms with E-state index in [0.29, 0.717) is 23.4 Å². The summed E-state index contributed by atoms with van der Waals surface area (Å²) in [6, 6.07) is 8.05. The number of anilines is 4. The van der Waals surface area contributed by atoms with Gasteiger partial charge >= 0.3 is 0 Å². The molecule has 168 valence electrons. The van der Waals surface area contributed by atoms with Crippen molar-refractivity contribution in [3.8, 4) is 0 Å². The molecule has 1 saturated carbocycles. The lowest BCUT2D eigenvalue weighted by atomic mass is 9.96. The second-order valence-electron chi connectivity index (χ2n) is 9.71. The summed E-state index contributed by atoms with van der Waals surface area (Å²) >= 11 is 0. The molecular weight excluding hydrogens is 388 g/mol. The molecule has 0 unspecified atom stereocenters. The maximum Gasteiger partial charge on any atom is 0.251 e. The zero-order chi connectivity index (χ0) is 22.6. The lowest BCUT2D eigenvalue weighted by Crippen LogP contribution is -2.31. The van der Waals surface area contributed by atoms with Gasteiger partial charge in [-0.1, -0.05) is 39.7 Å². The zero-order valence-corrected chi connectivity index (χ0v) is 19.7. The van der Waals surface area contributed by atoms with Crippen LogP contribution < -0.4 is 20.9 Å². The van der Waals surface area contributed by atoms with E-state index in [1.54, 1.807) is 7.05 Å². The number of hydrogen-bond acceptors (Lipinski definition) is 6. The Bertz CT molecular complexity index is 915. The number of amides is 1. The van der Waals surface area contributed by atoms with Crippen LogP contribution in [-0.2, 0) is 0 Å². The Hall–Kier alpha value is -2.83. The van der Waals surface area contributed by atoms with E-state index in [9.17, 15) is 4.79 Å². The van der Waals surface area contributed by atoms with Gasteiger partial charge in [0.15, 0.2) is 0 Å². The SMILES string of the molecule is CNC(=O)c1ccc(C)c(Nc2cc(NC3CCCC3)nc(N(C)CC(C)(C)C)n2)c1. The number of rotatable bonds is 7. The average Bonchev–Trinajstić information content (AvgIpc) is 3.20. The molecule has 1 aromatic heterocycles. The molecule has 1 amide bonds. The van der Waals surface area contributed by atoms with Gasteiger partial charge in [0.2, 0.25) is 5.95 Å². The van der Waals surface area contributed by atoms with Gasteiger partial charge in [0.05, 0.1) is 0 Å². The number of hydrogen-bond donors (Lipinski definition) is 3. The second-order valence-corrected chi connectivity index (χ2v) is 9.71. The first-order valence-electron chi connectivity index (χ1n) is 11.1. The number of carbonyl (C=O) groups excluding carboxylic acids is 1. The summed E-state index contributed by atoms with van der Waals surface area (Å²) < 4.78 is 0. The van der Waals surface area contributed by atoms with Crippen LogP contribution in [0.25, 0.3) is 0 Å². The van der Waals surface area contributed by atoms with Gasteiger partial charge in [0.1, 0.15) is 11.6 Å². The highest BCUT2D eigenvalue weighted by Crippen LogP contribution is 2.27. The van der Waals surface area contributed by atoms with Crippen molar-refractivity contribution in [1.82, 2.24) is 15.3 Å². The van der Waals surface area contributed by atoms with E-state index in [1.165, 1.54) is 25.7 Å². The summed E-state index contributed by atoms with van der Waals surface area (Å²) in [5, 5.41) is 9.69. The number of nitrogens with one attached hydrogen (secondary N) is 3. The summed E-state index contributed by atoms with van der Waals surface area (Å²) in [6.45, 7) is 9.47. The molecular formula is C24H36N6O. The Labute approximate surface area is 186 Å². The third-order valence-corrected chi connectivity index (χ3v) is 5.46. The molecule has 1 heterocycles. The first-order valence-corrected chi connectivity index (χ1v) is 11.1. The maximum atomic E-state index is 12.1. The minimum Gasteiger partial charge on any atom is -0.367 e. The lowest BCUT2D eigenvalue weighted by Gasteiger charge is -2.27. The average molecular weight is 425 g/mol. The molecule has 1 fully saturated rings. The van der Waals surface area contributed by atoms with Crippen molar-refractivity contribution in [1.29, 1.82) is 0 Å². The van der Waals surface area contributed by atoms with E-state index in [2.05, 4.69) is 41.6 Å². The highest BCUT2D eigenvalue weighted by atomic mass is 16.1. The monoisotopic (exact) mass is 424 g/mol. The fourth-order valence-corrected chi connectivity index (χ4v) is 3.98. The van der Waals surface area contributed by atoms with E-state index in [-0.39, 0.29) is 11.3 Å². The molecule has 3 rings (SSSR count). The van der Waals surface area contributed by atoms with Crippen LogP contribution in [0.2, 0.25) is 0 Å². The van der Waals surface area contributed by atoms with Gasteiger partial charge in [-0.15, -0.1) is 0 Å². The molecule has 1 aromatic carbocycles. The maximum absolute atomic E-state index is 12.1. The molecule has 0 aliphatic heterocycles. The van der Waals surface area contributed by atoms with E-state index >= 15 is 0 Å². The van der Waals surface area contributed by atoms with Gasteiger partial charge in [-0.05, 0) is 42.9 Å². The van der Waals surface area contributed by atoms with E-state index in [4.69, 9.17) is 9.97 Å². The molecule has 0 atom stereocenters. The molecule has 0 saturated heterocycles. The Kier molecular flexibility index (Phi) is 7.03. The summed E-state index contributed by atoms with van der Waals surface area (Å²) in [4.78, 5) is 23.8. The van der Waals surface area contributed by atoms with Gasteiger partial charge in [-0.25, -0.2) is 0 Å². The largest absolute Gasteiger partial charge is 0.367 e. The molecule has 7 nitrogen and oxygen atoms in total. The van der Waals surface area contributed by atoms with Gasteiger partial charge in [-0.2, -0.15) is 9.97 Å². The summed E-state index contributed by atoms with van der Waals surface area (Å²) in [6.07, 6.45) is 4.87. The Morgan fingerprint density at radius 2 is 1.81 bits per heavy atom. The predicted octanol–water partition coefficient (Wildman–Crippen LogP) is 4.73. The van der Waals surface area contributed by atoms with Crippen LogP contribution in [0.1, 0.15) is 62.4 Å². The van der Waals surface area contributed by atoms with Crippen molar-refractivity contribution in [2.75, 3.05) is 36.2 Å². The third-order valence-electron chi connectivity index (χ3n) is 5.46. The van der Waals surface area contributed by atoms with E-state index < -0.39 is 0 Å². The number of benzene rings is 1. The molecule has 7 heteroatoms. The zero-order valence-electron chi connectivity index (χ0n) is 19.7. The van der Waals surface area contributed by atoms with Crippen LogP contribution in [-0.4, -0.2) is 42.6 Å². The van der Waals surface area contributed by atoms with Crippen LogP contribution in [0, 0.1) is 12.3 Å². The standard InChI is InChI=1S/C24H36N6O/c1-16-11-12-17(22(31)25-5)13-19(16)27-21-14-20(26-18-9-7-8-10-18)28-23(29-21)30(6)15-24(2,3)4/h11-14,18H,7-10,15H2,1-6H3,(H,25,31)(H2,26,27,28,29). The molecule has 31 heavy (non-hydrogen) atoms. The van der Waals surface area contributed by atoms with Crippen LogP contribution in [0.15, 0.2) is 24.3 Å². The molecule has 1 aliphatic rings. The third kappa shape index (κ3) is 6.32. The number of nitrogens with zero attached hydrogens (tertiary/aromatic N) is 3. The van der Waals surface area contributed by atoms with E-state index in [0.717, 1.165) is 23.6 Å². The highest BCUT2D eigenvalue weighted by molar-refractivity contribution is 5.95. The first kappa shape index (κ1) is 22.8. The predicted molar refractivity (Wildman–Crippen MR) is 128 cm³/mol. The number of aryl methyl sites for hydroxylation is 1. The molecule has 0 bridgehead atoms. The van der Waals surface area contributed by atoms with Crippen molar-refractivity contribution in [3.05, 3.63) is 35.4 Å². The van der Waals surface area contributed by atoms with Gasteiger partial charge in [-0.3, -0.25) is 4.79 Å². The first-order chi connectivity index (χ1) is 14.6. The Balaban J connectivity index is 1.92. The summed E-state index contributed by atoms with van der Waals surface area (Å²) in [7, 11) is 3.67. The molecule has 0 spiro atoms. The fourth-order valence-electron chi connectivity index (χ4n) is 3.98. The van der Waals surface area contributed by atoms with Crippen LogP contribution in [0.5, 0.6) is 0 Å². The normalized spacial score (nSPS) is 14.4. The number of aromatic nitrogens is 2. The Morgan fingerprint density at radius 1 is 1.13 bits per heavy atom. The summed E-state index contributed by atoms with van der Waals surface area (Å²) in [5.41, 5.74) is 2.63. The second kappa shape index (κ2) is 9.54. The Morgan fingerprint density at radius 3 is 2.45 bits per heavy atom. The molecule has 2 aromatic rings. The van der Waals surface area contributed by atoms with Crippen molar-refractivity contribution >= 4 is 29.2 Å². The van der Waals surface area contributed by atoms with Crippen LogP contribution >= 0.6 is 0 Å². The smallest absolute Gasteiger partial charge is 0.251 e. The highest BCUT2D eigenvalue weighted by Gasteiger charge is 2.20. The fraction of sp³-hybridized carbons (Fsp3) is 0.542. The molecule has 0 radical (unpaired) electrons. The minimum absolute atomic E-state index is 0.111. The molecule has 3 N–H and O–H groups in total. The van der Waals surface area contributed by atoms with Crippen molar-refractivity contribution in [2.24, 2.45) is 5.41 Å². The van der Waals surface area contributed by atoms with Crippen molar-refractivity contribution in [2.45, 2.75) is 59.4 Å². The minimum atomic E-state index is -0.111. The van der Waals surface area contributed by atoms with Crippen LogP contribution in [0.3, 0.4) is 0 Å². The lowest BCUT2D eigenvalue weighted by molar-refractivity contribution is 0.0963. The van der Waals surface area contributed by atoms with Crippen molar-refractivity contribution < 1.29 is 4.79 Å². The van der Waals surface area contributed by atoms with Crippen molar-refractivity contribution in [3.63, 3.8) is 0 Å². The van der Waals surface area contributed by atoms with Gasteiger partial charge < -0.3 is 20.9 Å². The molecule has 1 aliphatic carbocycles. The van der Waals surface area contributed by atoms with Gasteiger partial charge in [0, 0.05) is 44.0 Å². The van der Waals surface area contributed by atoms with Crippen LogP contribution in [0.4, 0.5) is 23.3 Å². The van der Waals surface area contributed by atoms with Gasteiger partial charge in [0.25, 0.3) is 5.91 Å². The summed E-state index contributed by atoms with van der Waals surface area (Å²) in [5.74, 6) is 2.11. The quantitative estimate of drug-likeness (QED) is 0.596.